The van der Waals surface area contributed by atoms with E-state index in [9.17, 15) is 9.18 Å². The predicted molar refractivity (Wildman–Crippen MR) is 99.5 cm³/mol. The number of carbonyl (C=O) groups excluding carboxylic acids is 1. The SMILES string of the molecule is COC(=O)c1cccc(Nc2cnnc(NCCc3ccccc3F)n2)c1. The molecule has 2 aromatic carbocycles. The number of anilines is 3. The number of halogens is 1. The molecule has 0 spiro atoms. The Morgan fingerprint density at radius 2 is 2.04 bits per heavy atom. The zero-order valence-corrected chi connectivity index (χ0v) is 14.6. The lowest BCUT2D eigenvalue weighted by atomic mass is 10.1. The van der Waals surface area contributed by atoms with E-state index in [2.05, 4.69) is 25.8 Å². The number of methoxy groups -OCH3 is 1. The molecular weight excluding hydrogens is 349 g/mol. The molecule has 0 fully saturated rings. The quantitative estimate of drug-likeness (QED) is 0.620. The summed E-state index contributed by atoms with van der Waals surface area (Å²) in [6, 6.07) is 13.5. The van der Waals surface area contributed by atoms with Crippen molar-refractivity contribution < 1.29 is 13.9 Å². The van der Waals surface area contributed by atoms with Crippen molar-refractivity contribution in [2.45, 2.75) is 6.42 Å². The van der Waals surface area contributed by atoms with Gasteiger partial charge in [-0.3, -0.25) is 0 Å². The van der Waals surface area contributed by atoms with Crippen LogP contribution in [0.1, 0.15) is 15.9 Å². The zero-order chi connectivity index (χ0) is 19.1. The van der Waals surface area contributed by atoms with Gasteiger partial charge in [-0.25, -0.2) is 9.18 Å². The van der Waals surface area contributed by atoms with Gasteiger partial charge >= 0.3 is 5.97 Å². The van der Waals surface area contributed by atoms with E-state index in [-0.39, 0.29) is 5.82 Å². The molecule has 138 valence electrons. The number of hydrogen-bond donors (Lipinski definition) is 2. The molecule has 1 heterocycles. The Kier molecular flexibility index (Phi) is 5.88. The molecular formula is C19H18FN5O2. The smallest absolute Gasteiger partial charge is 0.337 e. The fraction of sp³-hybridized carbons (Fsp3) is 0.158. The lowest BCUT2D eigenvalue weighted by Crippen LogP contribution is -2.10. The normalized spacial score (nSPS) is 10.3. The van der Waals surface area contributed by atoms with Gasteiger partial charge in [0.2, 0.25) is 5.95 Å². The van der Waals surface area contributed by atoms with E-state index in [1.807, 2.05) is 0 Å². The van der Waals surface area contributed by atoms with Crippen molar-refractivity contribution in [1.82, 2.24) is 15.2 Å². The molecule has 0 saturated heterocycles. The molecule has 0 aliphatic heterocycles. The van der Waals surface area contributed by atoms with Crippen LogP contribution in [0.3, 0.4) is 0 Å². The number of benzene rings is 2. The summed E-state index contributed by atoms with van der Waals surface area (Å²) in [7, 11) is 1.33. The first kappa shape index (κ1) is 18.2. The number of nitrogens with zero attached hydrogens (tertiary/aromatic N) is 3. The molecule has 3 aromatic rings. The highest BCUT2D eigenvalue weighted by Gasteiger charge is 2.07. The molecule has 0 radical (unpaired) electrons. The molecule has 0 bridgehead atoms. The zero-order valence-electron chi connectivity index (χ0n) is 14.6. The van der Waals surface area contributed by atoms with E-state index in [1.165, 1.54) is 19.4 Å². The molecule has 2 N–H and O–H groups in total. The van der Waals surface area contributed by atoms with Gasteiger partial charge in [0, 0.05) is 12.2 Å². The maximum absolute atomic E-state index is 13.6. The minimum Gasteiger partial charge on any atom is -0.465 e. The summed E-state index contributed by atoms with van der Waals surface area (Å²) < 4.78 is 18.3. The third kappa shape index (κ3) is 4.97. The van der Waals surface area contributed by atoms with Crippen LogP contribution in [0.4, 0.5) is 21.8 Å². The largest absolute Gasteiger partial charge is 0.465 e. The van der Waals surface area contributed by atoms with Crippen molar-refractivity contribution >= 4 is 23.4 Å². The van der Waals surface area contributed by atoms with Crippen molar-refractivity contribution in [1.29, 1.82) is 0 Å². The summed E-state index contributed by atoms with van der Waals surface area (Å²) in [6.07, 6.45) is 1.96. The van der Waals surface area contributed by atoms with Crippen LogP contribution in [-0.2, 0) is 11.2 Å². The second-order valence-corrected chi connectivity index (χ2v) is 5.63. The van der Waals surface area contributed by atoms with E-state index in [1.54, 1.807) is 42.5 Å². The van der Waals surface area contributed by atoms with E-state index >= 15 is 0 Å². The average Bonchev–Trinajstić information content (AvgIpc) is 2.69. The van der Waals surface area contributed by atoms with E-state index in [4.69, 9.17) is 4.74 Å². The molecule has 1 aromatic heterocycles. The highest BCUT2D eigenvalue weighted by Crippen LogP contribution is 2.16. The monoisotopic (exact) mass is 367 g/mol. The summed E-state index contributed by atoms with van der Waals surface area (Å²) in [4.78, 5) is 15.9. The van der Waals surface area contributed by atoms with E-state index in [0.29, 0.717) is 41.5 Å². The Labute approximate surface area is 155 Å². The van der Waals surface area contributed by atoms with Gasteiger partial charge in [-0.15, -0.1) is 5.10 Å². The molecule has 0 atom stereocenters. The number of rotatable bonds is 7. The van der Waals surface area contributed by atoms with Gasteiger partial charge in [0.05, 0.1) is 18.9 Å². The summed E-state index contributed by atoms with van der Waals surface area (Å²) in [5, 5.41) is 13.9. The Morgan fingerprint density at radius 1 is 1.19 bits per heavy atom. The van der Waals surface area contributed by atoms with E-state index < -0.39 is 5.97 Å². The fourth-order valence-corrected chi connectivity index (χ4v) is 2.44. The summed E-state index contributed by atoms with van der Waals surface area (Å²) in [5.74, 6) is 0.120. The maximum Gasteiger partial charge on any atom is 0.337 e. The molecule has 0 amide bonds. The van der Waals surface area contributed by atoms with Crippen LogP contribution in [0.5, 0.6) is 0 Å². The highest BCUT2D eigenvalue weighted by atomic mass is 19.1. The number of nitrogens with one attached hydrogen (secondary N) is 2. The predicted octanol–water partition coefficient (Wildman–Crippen LogP) is 3.20. The van der Waals surface area contributed by atoms with Gasteiger partial charge in [0.25, 0.3) is 0 Å². The first-order valence-corrected chi connectivity index (χ1v) is 8.28. The minimum atomic E-state index is -0.421. The van der Waals surface area contributed by atoms with Crippen LogP contribution in [0.15, 0.2) is 54.7 Å². The second-order valence-electron chi connectivity index (χ2n) is 5.63. The van der Waals surface area contributed by atoms with Crippen LogP contribution in [-0.4, -0.2) is 34.8 Å². The van der Waals surface area contributed by atoms with Gasteiger partial charge in [-0.2, -0.15) is 10.1 Å². The first-order chi connectivity index (χ1) is 13.2. The number of ether oxygens (including phenoxy) is 1. The average molecular weight is 367 g/mol. The molecule has 0 unspecified atom stereocenters. The van der Waals surface area contributed by atoms with Crippen LogP contribution in [0, 0.1) is 5.82 Å². The second kappa shape index (κ2) is 8.70. The molecule has 0 saturated carbocycles. The van der Waals surface area contributed by atoms with Gasteiger partial charge in [0.1, 0.15) is 5.82 Å². The van der Waals surface area contributed by atoms with Crippen molar-refractivity contribution in [3.05, 3.63) is 71.7 Å². The lowest BCUT2D eigenvalue weighted by Gasteiger charge is -2.09. The molecule has 7 nitrogen and oxygen atoms in total. The van der Waals surface area contributed by atoms with Crippen molar-refractivity contribution in [2.75, 3.05) is 24.3 Å². The summed E-state index contributed by atoms with van der Waals surface area (Å²) in [5.41, 5.74) is 1.70. The van der Waals surface area contributed by atoms with Crippen LogP contribution < -0.4 is 10.6 Å². The fourth-order valence-electron chi connectivity index (χ4n) is 2.44. The van der Waals surface area contributed by atoms with Gasteiger partial charge in [0.15, 0.2) is 5.82 Å². The van der Waals surface area contributed by atoms with Gasteiger partial charge in [-0.05, 0) is 36.2 Å². The molecule has 27 heavy (non-hydrogen) atoms. The summed E-state index contributed by atoms with van der Waals surface area (Å²) >= 11 is 0. The minimum absolute atomic E-state index is 0.237. The van der Waals surface area contributed by atoms with Crippen LogP contribution in [0.25, 0.3) is 0 Å². The molecule has 0 aliphatic rings. The summed E-state index contributed by atoms with van der Waals surface area (Å²) in [6.45, 7) is 0.462. The lowest BCUT2D eigenvalue weighted by molar-refractivity contribution is 0.0601. The number of hydrogen-bond acceptors (Lipinski definition) is 7. The Bertz CT molecular complexity index is 935. The van der Waals surface area contributed by atoms with Gasteiger partial charge < -0.3 is 15.4 Å². The number of aromatic nitrogens is 3. The molecule has 8 heteroatoms. The third-order valence-electron chi connectivity index (χ3n) is 3.75. The number of esters is 1. The molecule has 0 aliphatic carbocycles. The topological polar surface area (TPSA) is 89.0 Å². The molecule has 3 rings (SSSR count). The van der Waals surface area contributed by atoms with E-state index in [0.717, 1.165) is 0 Å². The maximum atomic E-state index is 13.6. The Hall–Kier alpha value is -3.55. The van der Waals surface area contributed by atoms with Crippen LogP contribution in [0.2, 0.25) is 0 Å². The van der Waals surface area contributed by atoms with Crippen molar-refractivity contribution in [3.8, 4) is 0 Å². The van der Waals surface area contributed by atoms with Crippen molar-refractivity contribution in [3.63, 3.8) is 0 Å². The Balaban J connectivity index is 1.62. The van der Waals surface area contributed by atoms with Crippen LogP contribution >= 0.6 is 0 Å². The third-order valence-corrected chi connectivity index (χ3v) is 3.75. The number of carbonyl (C=O) groups is 1. The van der Waals surface area contributed by atoms with Gasteiger partial charge in [-0.1, -0.05) is 24.3 Å². The first-order valence-electron chi connectivity index (χ1n) is 8.28. The standard InChI is InChI=1S/C19H18FN5O2/c1-27-18(26)14-6-4-7-15(11-14)23-17-12-22-25-19(24-17)21-10-9-13-5-2-3-8-16(13)20/h2-8,11-12H,9-10H2,1H3,(H2,21,23,24,25). The Morgan fingerprint density at radius 3 is 2.85 bits per heavy atom. The van der Waals surface area contributed by atoms with Crippen molar-refractivity contribution in [2.24, 2.45) is 0 Å². The highest BCUT2D eigenvalue weighted by molar-refractivity contribution is 5.90.